The fraction of sp³-hybridized carbons (Fsp3) is 0.600. The molecule has 0 spiro atoms. The zero-order valence-electron chi connectivity index (χ0n) is 8.72. The second-order valence-electron chi connectivity index (χ2n) is 3.93. The van der Waals surface area contributed by atoms with Crippen LogP contribution in [-0.4, -0.2) is 35.4 Å². The summed E-state index contributed by atoms with van der Waals surface area (Å²) in [5.74, 6) is 0.584. The maximum Gasteiger partial charge on any atom is 0.273 e. The van der Waals surface area contributed by atoms with E-state index >= 15 is 0 Å². The first-order valence-electron chi connectivity index (χ1n) is 5.09. The summed E-state index contributed by atoms with van der Waals surface area (Å²) < 4.78 is 0. The third-order valence-electron chi connectivity index (χ3n) is 2.88. The molecule has 1 unspecified atom stereocenters. The second-order valence-corrected chi connectivity index (χ2v) is 4.65. The Bertz CT molecular complexity index is 334. The first-order valence-corrected chi connectivity index (χ1v) is 6.03. The first-order chi connectivity index (χ1) is 7.24. The summed E-state index contributed by atoms with van der Waals surface area (Å²) in [7, 11) is 1.82. The number of likely N-dealkylation sites (N-methyl/N-ethyl adjacent to an activating group) is 1. The van der Waals surface area contributed by atoms with E-state index in [4.69, 9.17) is 5.73 Å². The number of rotatable bonds is 4. The largest absolute Gasteiger partial charge is 0.336 e. The number of nitrogens with two attached hydrogens (primary N) is 1. The second kappa shape index (κ2) is 4.28. The van der Waals surface area contributed by atoms with Crippen molar-refractivity contribution in [3.8, 4) is 0 Å². The van der Waals surface area contributed by atoms with Crippen LogP contribution in [0.1, 0.15) is 23.3 Å². The number of hydrogen-bond acceptors (Lipinski definition) is 4. The van der Waals surface area contributed by atoms with E-state index in [-0.39, 0.29) is 11.9 Å². The zero-order valence-corrected chi connectivity index (χ0v) is 9.54. The molecule has 0 saturated heterocycles. The van der Waals surface area contributed by atoms with E-state index in [2.05, 4.69) is 4.98 Å². The van der Waals surface area contributed by atoms with Gasteiger partial charge in [0.1, 0.15) is 5.69 Å². The molecule has 1 aromatic rings. The molecule has 2 N–H and O–H groups in total. The summed E-state index contributed by atoms with van der Waals surface area (Å²) >= 11 is 1.44. The summed E-state index contributed by atoms with van der Waals surface area (Å²) in [5.41, 5.74) is 7.90. The van der Waals surface area contributed by atoms with Crippen molar-refractivity contribution < 1.29 is 4.79 Å². The van der Waals surface area contributed by atoms with Gasteiger partial charge in [0.2, 0.25) is 0 Å². The lowest BCUT2D eigenvalue weighted by atomic mass is 10.1. The molecule has 4 nitrogen and oxygen atoms in total. The molecule has 82 valence electrons. The number of thiazole rings is 1. The molecule has 1 aromatic heterocycles. The number of hydrogen-bond donors (Lipinski definition) is 1. The van der Waals surface area contributed by atoms with Crippen molar-refractivity contribution in [2.45, 2.75) is 18.9 Å². The summed E-state index contributed by atoms with van der Waals surface area (Å²) in [5, 5.41) is 1.78. The van der Waals surface area contributed by atoms with Crippen molar-refractivity contribution in [1.82, 2.24) is 9.88 Å². The van der Waals surface area contributed by atoms with Crippen LogP contribution in [0, 0.1) is 5.92 Å². The van der Waals surface area contributed by atoms with Crippen LogP contribution >= 0.6 is 11.3 Å². The van der Waals surface area contributed by atoms with E-state index in [9.17, 15) is 4.79 Å². The van der Waals surface area contributed by atoms with E-state index in [1.165, 1.54) is 24.2 Å². The van der Waals surface area contributed by atoms with Crippen LogP contribution in [0.15, 0.2) is 10.9 Å². The quantitative estimate of drug-likeness (QED) is 0.830. The minimum atomic E-state index is -0.0152. The standard InChI is InChI=1S/C10H15N3OS/c1-13(9(4-11)7-2-3-7)10(14)8-5-15-6-12-8/h5-7,9H,2-4,11H2,1H3. The maximum absolute atomic E-state index is 12.0. The maximum atomic E-state index is 12.0. The van der Waals surface area contributed by atoms with Gasteiger partial charge in [0.15, 0.2) is 0 Å². The van der Waals surface area contributed by atoms with Crippen molar-refractivity contribution >= 4 is 17.2 Å². The summed E-state index contributed by atoms with van der Waals surface area (Å²) in [6.07, 6.45) is 2.38. The van der Waals surface area contributed by atoms with Crippen molar-refractivity contribution in [2.75, 3.05) is 13.6 Å². The molecule has 1 heterocycles. The molecule has 0 bridgehead atoms. The SMILES string of the molecule is CN(C(=O)c1cscn1)C(CN)C1CC1. The molecule has 1 fully saturated rings. The van der Waals surface area contributed by atoms with Crippen LogP contribution in [0.5, 0.6) is 0 Å². The van der Waals surface area contributed by atoms with Crippen LogP contribution in [0.3, 0.4) is 0 Å². The first kappa shape index (κ1) is 10.6. The van der Waals surface area contributed by atoms with Gasteiger partial charge in [-0.3, -0.25) is 4.79 Å². The number of amides is 1. The average molecular weight is 225 g/mol. The number of carbonyl (C=O) groups is 1. The van der Waals surface area contributed by atoms with Gasteiger partial charge in [0.25, 0.3) is 5.91 Å². The minimum Gasteiger partial charge on any atom is -0.336 e. The van der Waals surface area contributed by atoms with Gasteiger partial charge in [0, 0.05) is 25.0 Å². The lowest BCUT2D eigenvalue weighted by molar-refractivity contribution is 0.0713. The van der Waals surface area contributed by atoms with Crippen LogP contribution in [0.2, 0.25) is 0 Å². The molecule has 1 aliphatic rings. The highest BCUT2D eigenvalue weighted by atomic mass is 32.1. The highest BCUT2D eigenvalue weighted by Crippen LogP contribution is 2.34. The fourth-order valence-corrected chi connectivity index (χ4v) is 2.32. The van der Waals surface area contributed by atoms with Crippen LogP contribution in [0.4, 0.5) is 0 Å². The van der Waals surface area contributed by atoms with Crippen molar-refractivity contribution in [3.05, 3.63) is 16.6 Å². The van der Waals surface area contributed by atoms with Crippen molar-refractivity contribution in [2.24, 2.45) is 11.7 Å². The summed E-state index contributed by atoms with van der Waals surface area (Å²) in [6.45, 7) is 0.539. The molecule has 2 rings (SSSR count). The summed E-state index contributed by atoms with van der Waals surface area (Å²) in [4.78, 5) is 17.7. The van der Waals surface area contributed by atoms with E-state index in [1.807, 2.05) is 7.05 Å². The Morgan fingerprint density at radius 2 is 2.53 bits per heavy atom. The normalized spacial score (nSPS) is 17.5. The van der Waals surface area contributed by atoms with Gasteiger partial charge in [0.05, 0.1) is 5.51 Å². The number of carbonyl (C=O) groups excluding carboxylic acids is 1. The number of aromatic nitrogens is 1. The monoisotopic (exact) mass is 225 g/mol. The Morgan fingerprint density at radius 1 is 1.80 bits per heavy atom. The molecule has 1 aliphatic carbocycles. The molecule has 0 radical (unpaired) electrons. The summed E-state index contributed by atoms with van der Waals surface area (Å²) in [6, 6.07) is 0.180. The predicted molar refractivity (Wildman–Crippen MR) is 59.8 cm³/mol. The smallest absolute Gasteiger partial charge is 0.273 e. The molecule has 5 heteroatoms. The van der Waals surface area contributed by atoms with Crippen molar-refractivity contribution in [3.63, 3.8) is 0 Å². The van der Waals surface area contributed by atoms with Gasteiger partial charge >= 0.3 is 0 Å². The van der Waals surface area contributed by atoms with Crippen LogP contribution < -0.4 is 5.73 Å². The highest BCUT2D eigenvalue weighted by Gasteiger charge is 2.35. The minimum absolute atomic E-state index is 0.0152. The zero-order chi connectivity index (χ0) is 10.8. The van der Waals surface area contributed by atoms with Gasteiger partial charge in [-0.05, 0) is 18.8 Å². The van der Waals surface area contributed by atoms with Crippen LogP contribution in [-0.2, 0) is 0 Å². The fourth-order valence-electron chi connectivity index (χ4n) is 1.80. The van der Waals surface area contributed by atoms with E-state index in [0.29, 0.717) is 18.2 Å². The lowest BCUT2D eigenvalue weighted by Gasteiger charge is -2.26. The molecule has 1 saturated carbocycles. The third kappa shape index (κ3) is 2.18. The molecule has 0 aliphatic heterocycles. The Hall–Kier alpha value is -0.940. The molecule has 1 atom stereocenters. The van der Waals surface area contributed by atoms with Gasteiger partial charge in [-0.25, -0.2) is 4.98 Å². The van der Waals surface area contributed by atoms with Gasteiger partial charge in [-0.15, -0.1) is 11.3 Å². The van der Waals surface area contributed by atoms with Gasteiger partial charge < -0.3 is 10.6 Å². The Morgan fingerprint density at radius 3 is 3.00 bits per heavy atom. The molecular weight excluding hydrogens is 210 g/mol. The van der Waals surface area contributed by atoms with Crippen LogP contribution in [0.25, 0.3) is 0 Å². The average Bonchev–Trinajstić information content (AvgIpc) is 2.93. The molecular formula is C10H15N3OS. The third-order valence-corrected chi connectivity index (χ3v) is 3.46. The molecule has 1 amide bonds. The predicted octanol–water partition coefficient (Wildman–Crippen LogP) is 0.952. The Balaban J connectivity index is 2.05. The lowest BCUT2D eigenvalue weighted by Crippen LogP contribution is -2.43. The Kier molecular flexibility index (Phi) is 3.02. The topological polar surface area (TPSA) is 59.2 Å². The Labute approximate surface area is 93.1 Å². The van der Waals surface area contributed by atoms with E-state index in [1.54, 1.807) is 15.8 Å². The van der Waals surface area contributed by atoms with Gasteiger partial charge in [-0.2, -0.15) is 0 Å². The van der Waals surface area contributed by atoms with Gasteiger partial charge in [-0.1, -0.05) is 0 Å². The van der Waals surface area contributed by atoms with E-state index < -0.39 is 0 Å². The van der Waals surface area contributed by atoms with E-state index in [0.717, 1.165) is 0 Å². The molecule has 15 heavy (non-hydrogen) atoms. The highest BCUT2D eigenvalue weighted by molar-refractivity contribution is 7.07. The molecule has 0 aromatic carbocycles. The number of nitrogens with zero attached hydrogens (tertiary/aromatic N) is 2. The van der Waals surface area contributed by atoms with Crippen molar-refractivity contribution in [1.29, 1.82) is 0 Å².